The Balaban J connectivity index is 2.90. The van der Waals surface area contributed by atoms with Crippen LogP contribution in [0, 0.1) is 0 Å². The second-order valence-corrected chi connectivity index (χ2v) is 2.90. The summed E-state index contributed by atoms with van der Waals surface area (Å²) in [6.45, 7) is 4.15. The molecule has 0 fully saturated rings. The molecular weight excluding hydrogens is 142 g/mol. The fraction of sp³-hybridized carbons (Fsp3) is 0.375. The predicted molar refractivity (Wildman–Crippen MR) is 46.2 cm³/mol. The highest BCUT2D eigenvalue weighted by Gasteiger charge is 1.97. The standard InChI is InChI=1S/C8H11NS/c1-3-5-8-7(4-2)9-6-10-8/h3,5-6H,4H2,1-2H3/b5-3+. The Hall–Kier alpha value is -0.630. The smallest absolute Gasteiger partial charge is 0.0801 e. The summed E-state index contributed by atoms with van der Waals surface area (Å²) in [6, 6.07) is 0. The molecule has 0 spiro atoms. The van der Waals surface area contributed by atoms with Crippen molar-refractivity contribution >= 4 is 17.4 Å². The van der Waals surface area contributed by atoms with Gasteiger partial charge in [0, 0.05) is 4.88 Å². The molecule has 0 radical (unpaired) electrons. The number of hydrogen-bond donors (Lipinski definition) is 0. The maximum Gasteiger partial charge on any atom is 0.0801 e. The van der Waals surface area contributed by atoms with Crippen LogP contribution < -0.4 is 0 Å². The molecule has 0 saturated heterocycles. The van der Waals surface area contributed by atoms with Crippen molar-refractivity contribution in [3.8, 4) is 0 Å². The van der Waals surface area contributed by atoms with E-state index in [0.29, 0.717) is 0 Å². The van der Waals surface area contributed by atoms with Crippen molar-refractivity contribution in [3.63, 3.8) is 0 Å². The average molecular weight is 153 g/mol. The van der Waals surface area contributed by atoms with Crippen molar-refractivity contribution in [2.24, 2.45) is 0 Å². The largest absolute Gasteiger partial charge is 0.249 e. The maximum atomic E-state index is 4.22. The fourth-order valence-corrected chi connectivity index (χ4v) is 1.67. The Morgan fingerprint density at radius 2 is 2.50 bits per heavy atom. The lowest BCUT2D eigenvalue weighted by Crippen LogP contribution is -1.80. The highest BCUT2D eigenvalue weighted by Crippen LogP contribution is 2.15. The number of aryl methyl sites for hydroxylation is 1. The third-order valence-corrected chi connectivity index (χ3v) is 2.16. The minimum absolute atomic E-state index is 1.03. The van der Waals surface area contributed by atoms with Crippen molar-refractivity contribution in [3.05, 3.63) is 22.2 Å². The summed E-state index contributed by atoms with van der Waals surface area (Å²) in [5, 5.41) is 0. The molecule has 0 N–H and O–H groups in total. The van der Waals surface area contributed by atoms with Crippen LogP contribution in [0.4, 0.5) is 0 Å². The number of rotatable bonds is 2. The van der Waals surface area contributed by atoms with Gasteiger partial charge in [-0.1, -0.05) is 13.0 Å². The van der Waals surface area contributed by atoms with Crippen LogP contribution in [0.2, 0.25) is 0 Å². The topological polar surface area (TPSA) is 12.9 Å². The van der Waals surface area contributed by atoms with Crippen molar-refractivity contribution in [2.45, 2.75) is 20.3 Å². The van der Waals surface area contributed by atoms with E-state index in [-0.39, 0.29) is 0 Å². The van der Waals surface area contributed by atoms with E-state index in [1.165, 1.54) is 10.6 Å². The summed E-state index contributed by atoms with van der Waals surface area (Å²) in [5.41, 5.74) is 3.11. The molecule has 0 unspecified atom stereocenters. The fourth-order valence-electron chi connectivity index (χ4n) is 0.831. The van der Waals surface area contributed by atoms with Crippen molar-refractivity contribution in [2.75, 3.05) is 0 Å². The van der Waals surface area contributed by atoms with E-state index in [1.807, 2.05) is 18.5 Å². The van der Waals surface area contributed by atoms with Gasteiger partial charge in [-0.2, -0.15) is 0 Å². The van der Waals surface area contributed by atoms with Crippen molar-refractivity contribution < 1.29 is 0 Å². The van der Waals surface area contributed by atoms with E-state index in [9.17, 15) is 0 Å². The Labute approximate surface area is 65.4 Å². The minimum Gasteiger partial charge on any atom is -0.249 e. The van der Waals surface area contributed by atoms with E-state index in [2.05, 4.69) is 18.0 Å². The zero-order chi connectivity index (χ0) is 7.40. The Kier molecular flexibility index (Phi) is 2.63. The van der Waals surface area contributed by atoms with Gasteiger partial charge in [0.25, 0.3) is 0 Å². The minimum atomic E-state index is 1.03. The first-order chi connectivity index (χ1) is 4.88. The molecule has 54 valence electrons. The number of thiazole rings is 1. The van der Waals surface area contributed by atoms with Gasteiger partial charge >= 0.3 is 0 Å². The molecule has 10 heavy (non-hydrogen) atoms. The quantitative estimate of drug-likeness (QED) is 0.636. The molecule has 2 heteroatoms. The molecule has 0 atom stereocenters. The van der Waals surface area contributed by atoms with E-state index >= 15 is 0 Å². The van der Waals surface area contributed by atoms with Gasteiger partial charge in [0.1, 0.15) is 0 Å². The van der Waals surface area contributed by atoms with Crippen LogP contribution >= 0.6 is 11.3 Å². The van der Waals surface area contributed by atoms with Crippen LogP contribution in [-0.2, 0) is 6.42 Å². The second-order valence-electron chi connectivity index (χ2n) is 2.02. The first-order valence-electron chi connectivity index (χ1n) is 3.43. The molecule has 0 aliphatic rings. The summed E-state index contributed by atoms with van der Waals surface area (Å²) in [7, 11) is 0. The van der Waals surface area contributed by atoms with Gasteiger partial charge in [-0.3, -0.25) is 0 Å². The number of nitrogens with zero attached hydrogens (tertiary/aromatic N) is 1. The number of allylic oxidation sites excluding steroid dienone is 1. The predicted octanol–water partition coefficient (Wildman–Crippen LogP) is 2.74. The first kappa shape index (κ1) is 7.48. The van der Waals surface area contributed by atoms with Crippen LogP contribution in [-0.4, -0.2) is 4.98 Å². The lowest BCUT2D eigenvalue weighted by molar-refractivity contribution is 1.06. The molecule has 0 aliphatic heterocycles. The van der Waals surface area contributed by atoms with Crippen LogP contribution in [0.5, 0.6) is 0 Å². The zero-order valence-electron chi connectivity index (χ0n) is 6.29. The van der Waals surface area contributed by atoms with Gasteiger partial charge in [0.2, 0.25) is 0 Å². The van der Waals surface area contributed by atoms with E-state index in [0.717, 1.165) is 6.42 Å². The molecular formula is C8H11NS. The molecule has 1 heterocycles. The molecule has 1 aromatic rings. The summed E-state index contributed by atoms with van der Waals surface area (Å²) < 4.78 is 0. The summed E-state index contributed by atoms with van der Waals surface area (Å²) in [4.78, 5) is 5.52. The molecule has 0 saturated carbocycles. The maximum absolute atomic E-state index is 4.22. The Bertz CT molecular complexity index is 225. The SMILES string of the molecule is C/C=C/c1scnc1CC. The van der Waals surface area contributed by atoms with Gasteiger partial charge in [0.05, 0.1) is 11.2 Å². The zero-order valence-corrected chi connectivity index (χ0v) is 7.11. The lowest BCUT2D eigenvalue weighted by Gasteiger charge is -1.88. The van der Waals surface area contributed by atoms with Crippen LogP contribution in [0.3, 0.4) is 0 Å². The first-order valence-corrected chi connectivity index (χ1v) is 4.31. The third kappa shape index (κ3) is 1.45. The summed E-state index contributed by atoms with van der Waals surface area (Å²) >= 11 is 1.70. The molecule has 0 aromatic carbocycles. The monoisotopic (exact) mass is 153 g/mol. The normalized spacial score (nSPS) is 11.0. The average Bonchev–Trinajstić information content (AvgIpc) is 2.36. The van der Waals surface area contributed by atoms with Gasteiger partial charge < -0.3 is 0 Å². The Morgan fingerprint density at radius 3 is 3.10 bits per heavy atom. The van der Waals surface area contributed by atoms with Crippen molar-refractivity contribution in [1.29, 1.82) is 0 Å². The molecule has 1 nitrogen and oxygen atoms in total. The van der Waals surface area contributed by atoms with E-state index in [1.54, 1.807) is 11.3 Å². The molecule has 1 rings (SSSR count). The lowest BCUT2D eigenvalue weighted by atomic mass is 10.3. The van der Waals surface area contributed by atoms with Gasteiger partial charge in [-0.15, -0.1) is 11.3 Å². The molecule has 1 aromatic heterocycles. The van der Waals surface area contributed by atoms with Gasteiger partial charge in [-0.05, 0) is 19.4 Å². The highest BCUT2D eigenvalue weighted by molar-refractivity contribution is 7.10. The van der Waals surface area contributed by atoms with Gasteiger partial charge in [-0.25, -0.2) is 4.98 Å². The number of hydrogen-bond acceptors (Lipinski definition) is 2. The van der Waals surface area contributed by atoms with E-state index < -0.39 is 0 Å². The van der Waals surface area contributed by atoms with Crippen LogP contribution in [0.1, 0.15) is 24.4 Å². The van der Waals surface area contributed by atoms with E-state index in [4.69, 9.17) is 0 Å². The third-order valence-electron chi connectivity index (χ3n) is 1.33. The van der Waals surface area contributed by atoms with Gasteiger partial charge in [0.15, 0.2) is 0 Å². The second kappa shape index (κ2) is 3.52. The van der Waals surface area contributed by atoms with Crippen LogP contribution in [0.15, 0.2) is 11.6 Å². The number of aromatic nitrogens is 1. The highest BCUT2D eigenvalue weighted by atomic mass is 32.1. The molecule has 0 bridgehead atoms. The Morgan fingerprint density at radius 1 is 1.70 bits per heavy atom. The molecule has 0 aliphatic carbocycles. The van der Waals surface area contributed by atoms with Crippen molar-refractivity contribution in [1.82, 2.24) is 4.98 Å². The molecule has 0 amide bonds. The summed E-state index contributed by atoms with van der Waals surface area (Å²) in [6.07, 6.45) is 5.19. The van der Waals surface area contributed by atoms with Crippen LogP contribution in [0.25, 0.3) is 6.08 Å². The summed E-state index contributed by atoms with van der Waals surface area (Å²) in [5.74, 6) is 0.